The highest BCUT2D eigenvalue weighted by Crippen LogP contribution is 2.26. The smallest absolute Gasteiger partial charge is 0.316 e. The summed E-state index contributed by atoms with van der Waals surface area (Å²) in [5.74, 6) is -0.699. The quantitative estimate of drug-likeness (QED) is 0.556. The van der Waals surface area contributed by atoms with Gasteiger partial charge in [0, 0.05) is 4.90 Å². The fraction of sp³-hybridized carbons (Fsp3) is 0.500. The summed E-state index contributed by atoms with van der Waals surface area (Å²) in [7, 11) is 0. The van der Waals surface area contributed by atoms with Crippen LogP contribution in [0.15, 0.2) is 35.2 Å². The standard InChI is InChI=1S/C14H20O2S/c1-2-3-4-8-11-13(14(15)16)17-12-9-6-5-7-10-12/h5-7,9-10,13H,2-4,8,11H2,1H3,(H,15,16)/t13-/m1/s1. The molecule has 0 unspecified atom stereocenters. The van der Waals surface area contributed by atoms with Crippen molar-refractivity contribution < 1.29 is 9.90 Å². The first-order chi connectivity index (χ1) is 8.24. The van der Waals surface area contributed by atoms with Gasteiger partial charge < -0.3 is 5.11 Å². The van der Waals surface area contributed by atoms with E-state index >= 15 is 0 Å². The molecule has 1 rings (SSSR count). The summed E-state index contributed by atoms with van der Waals surface area (Å²) in [6.07, 6.45) is 5.28. The number of hydrogen-bond acceptors (Lipinski definition) is 2. The number of benzene rings is 1. The summed E-state index contributed by atoms with van der Waals surface area (Å²) >= 11 is 1.46. The molecular formula is C14H20O2S. The highest BCUT2D eigenvalue weighted by Gasteiger charge is 2.17. The zero-order valence-electron chi connectivity index (χ0n) is 10.3. The second-order valence-electron chi connectivity index (χ2n) is 4.11. The SMILES string of the molecule is CCCCCC[C@@H](Sc1ccccc1)C(=O)O. The predicted octanol–water partition coefficient (Wildman–Crippen LogP) is 4.20. The van der Waals surface area contributed by atoms with E-state index in [1.165, 1.54) is 24.6 Å². The van der Waals surface area contributed by atoms with E-state index in [0.29, 0.717) is 0 Å². The number of aliphatic carboxylic acids is 1. The number of rotatable bonds is 8. The maximum Gasteiger partial charge on any atom is 0.316 e. The minimum absolute atomic E-state index is 0.311. The predicted molar refractivity (Wildman–Crippen MR) is 72.5 cm³/mol. The minimum Gasteiger partial charge on any atom is -0.480 e. The van der Waals surface area contributed by atoms with Gasteiger partial charge in [0.25, 0.3) is 0 Å². The Bertz CT molecular complexity index is 324. The van der Waals surface area contributed by atoms with Gasteiger partial charge >= 0.3 is 5.97 Å². The molecular weight excluding hydrogens is 232 g/mol. The van der Waals surface area contributed by atoms with Crippen molar-refractivity contribution in [2.75, 3.05) is 0 Å². The molecule has 0 radical (unpaired) electrons. The van der Waals surface area contributed by atoms with Crippen LogP contribution in [-0.4, -0.2) is 16.3 Å². The van der Waals surface area contributed by atoms with Gasteiger partial charge in [0.2, 0.25) is 0 Å². The van der Waals surface area contributed by atoms with Gasteiger partial charge in [0.15, 0.2) is 0 Å². The van der Waals surface area contributed by atoms with E-state index in [1.54, 1.807) is 0 Å². The lowest BCUT2D eigenvalue weighted by atomic mass is 10.1. The first-order valence-corrected chi connectivity index (χ1v) is 7.06. The zero-order chi connectivity index (χ0) is 12.5. The molecule has 1 aromatic carbocycles. The Morgan fingerprint density at radius 1 is 1.24 bits per heavy atom. The second kappa shape index (κ2) is 8.18. The third-order valence-corrected chi connectivity index (χ3v) is 3.88. The van der Waals surface area contributed by atoms with Crippen molar-refractivity contribution in [1.82, 2.24) is 0 Å². The summed E-state index contributed by atoms with van der Waals surface area (Å²) in [5.41, 5.74) is 0. The summed E-state index contributed by atoms with van der Waals surface area (Å²) in [5, 5.41) is 8.86. The molecule has 0 aliphatic heterocycles. The lowest BCUT2D eigenvalue weighted by Crippen LogP contribution is -2.16. The summed E-state index contributed by atoms with van der Waals surface area (Å²) < 4.78 is 0. The first-order valence-electron chi connectivity index (χ1n) is 6.18. The summed E-state index contributed by atoms with van der Waals surface area (Å²) in [6.45, 7) is 2.16. The molecule has 0 bridgehead atoms. The van der Waals surface area contributed by atoms with E-state index < -0.39 is 5.97 Å². The molecule has 0 aromatic heterocycles. The molecule has 17 heavy (non-hydrogen) atoms. The van der Waals surface area contributed by atoms with E-state index in [4.69, 9.17) is 0 Å². The van der Waals surface area contributed by atoms with Gasteiger partial charge in [0.1, 0.15) is 5.25 Å². The molecule has 1 aromatic rings. The topological polar surface area (TPSA) is 37.3 Å². The monoisotopic (exact) mass is 252 g/mol. The zero-order valence-corrected chi connectivity index (χ0v) is 11.1. The van der Waals surface area contributed by atoms with Gasteiger partial charge in [-0.2, -0.15) is 0 Å². The molecule has 0 saturated heterocycles. The molecule has 0 heterocycles. The van der Waals surface area contributed by atoms with Crippen LogP contribution >= 0.6 is 11.8 Å². The van der Waals surface area contributed by atoms with E-state index in [0.717, 1.165) is 24.2 Å². The Balaban J connectivity index is 2.41. The molecule has 0 amide bonds. The minimum atomic E-state index is -0.699. The van der Waals surface area contributed by atoms with Crippen molar-refractivity contribution in [3.05, 3.63) is 30.3 Å². The average molecular weight is 252 g/mol. The third-order valence-electron chi connectivity index (χ3n) is 2.62. The largest absolute Gasteiger partial charge is 0.480 e. The highest BCUT2D eigenvalue weighted by molar-refractivity contribution is 8.00. The van der Waals surface area contributed by atoms with Crippen molar-refractivity contribution in [2.45, 2.75) is 49.2 Å². The van der Waals surface area contributed by atoms with Crippen molar-refractivity contribution in [1.29, 1.82) is 0 Å². The lowest BCUT2D eigenvalue weighted by molar-refractivity contribution is -0.136. The number of carboxylic acid groups (broad SMARTS) is 1. The lowest BCUT2D eigenvalue weighted by Gasteiger charge is -2.11. The highest BCUT2D eigenvalue weighted by atomic mass is 32.2. The maximum atomic E-state index is 11.1. The molecule has 94 valence electrons. The van der Waals surface area contributed by atoms with Crippen LogP contribution in [0.3, 0.4) is 0 Å². The van der Waals surface area contributed by atoms with Crippen molar-refractivity contribution in [2.24, 2.45) is 0 Å². The van der Waals surface area contributed by atoms with Crippen LogP contribution in [0.4, 0.5) is 0 Å². The molecule has 1 atom stereocenters. The van der Waals surface area contributed by atoms with Crippen molar-refractivity contribution in [3.8, 4) is 0 Å². The molecule has 2 nitrogen and oxygen atoms in total. The Hall–Kier alpha value is -0.960. The van der Waals surface area contributed by atoms with Gasteiger partial charge in [-0.25, -0.2) is 0 Å². The van der Waals surface area contributed by atoms with Crippen LogP contribution in [0.1, 0.15) is 39.0 Å². The van der Waals surface area contributed by atoms with E-state index in [2.05, 4.69) is 6.92 Å². The second-order valence-corrected chi connectivity index (χ2v) is 5.38. The maximum absolute atomic E-state index is 11.1. The van der Waals surface area contributed by atoms with Crippen LogP contribution in [0.25, 0.3) is 0 Å². The number of hydrogen-bond donors (Lipinski definition) is 1. The summed E-state index contributed by atoms with van der Waals surface area (Å²) in [6, 6.07) is 9.76. The van der Waals surface area contributed by atoms with Crippen LogP contribution in [0, 0.1) is 0 Å². The normalized spacial score (nSPS) is 12.3. The van der Waals surface area contributed by atoms with Crippen LogP contribution < -0.4 is 0 Å². The Morgan fingerprint density at radius 3 is 2.53 bits per heavy atom. The van der Waals surface area contributed by atoms with E-state index in [1.807, 2.05) is 30.3 Å². The van der Waals surface area contributed by atoms with Gasteiger partial charge in [-0.1, -0.05) is 50.8 Å². The van der Waals surface area contributed by atoms with Gasteiger partial charge in [-0.05, 0) is 18.6 Å². The Labute approximate surface area is 107 Å². The molecule has 0 aliphatic carbocycles. The Morgan fingerprint density at radius 2 is 1.94 bits per heavy atom. The number of carbonyl (C=O) groups is 1. The molecule has 0 aliphatic rings. The fourth-order valence-electron chi connectivity index (χ4n) is 1.65. The molecule has 0 fully saturated rings. The molecule has 1 N–H and O–H groups in total. The average Bonchev–Trinajstić information content (AvgIpc) is 2.34. The fourth-order valence-corrected chi connectivity index (χ4v) is 2.68. The Kier molecular flexibility index (Phi) is 6.78. The van der Waals surface area contributed by atoms with Crippen molar-refractivity contribution >= 4 is 17.7 Å². The third kappa shape index (κ3) is 5.78. The number of thioether (sulfide) groups is 1. The summed E-state index contributed by atoms with van der Waals surface area (Å²) in [4.78, 5) is 12.2. The van der Waals surface area contributed by atoms with Crippen LogP contribution in [-0.2, 0) is 4.79 Å². The number of unbranched alkanes of at least 4 members (excludes halogenated alkanes) is 3. The van der Waals surface area contributed by atoms with Gasteiger partial charge in [0.05, 0.1) is 0 Å². The molecule has 0 saturated carbocycles. The van der Waals surface area contributed by atoms with Crippen LogP contribution in [0.2, 0.25) is 0 Å². The van der Waals surface area contributed by atoms with E-state index in [-0.39, 0.29) is 5.25 Å². The first kappa shape index (κ1) is 14.1. The molecule has 0 spiro atoms. The van der Waals surface area contributed by atoms with E-state index in [9.17, 15) is 9.90 Å². The van der Waals surface area contributed by atoms with Crippen molar-refractivity contribution in [3.63, 3.8) is 0 Å². The van der Waals surface area contributed by atoms with Gasteiger partial charge in [-0.3, -0.25) is 4.79 Å². The molecule has 3 heteroatoms. The number of carboxylic acids is 1. The van der Waals surface area contributed by atoms with Gasteiger partial charge in [-0.15, -0.1) is 11.8 Å². The van der Waals surface area contributed by atoms with Crippen LogP contribution in [0.5, 0.6) is 0 Å².